The van der Waals surface area contributed by atoms with Crippen molar-refractivity contribution in [3.63, 3.8) is 0 Å². The minimum absolute atomic E-state index is 0.000954. The molecule has 7 heteroatoms. The lowest BCUT2D eigenvalue weighted by Crippen LogP contribution is -2.48. The van der Waals surface area contributed by atoms with E-state index >= 15 is 0 Å². The van der Waals surface area contributed by atoms with Crippen LogP contribution in [-0.2, 0) is 9.59 Å². The number of nitrogens with zero attached hydrogens (tertiary/aromatic N) is 2. The summed E-state index contributed by atoms with van der Waals surface area (Å²) in [6, 6.07) is 7.90. The van der Waals surface area contributed by atoms with Gasteiger partial charge in [0.15, 0.2) is 17.6 Å². The van der Waals surface area contributed by atoms with Gasteiger partial charge in [0.05, 0.1) is 19.6 Å². The summed E-state index contributed by atoms with van der Waals surface area (Å²) < 4.78 is 11.7. The van der Waals surface area contributed by atoms with Crippen LogP contribution in [0, 0.1) is 0 Å². The molecule has 27 heavy (non-hydrogen) atoms. The SMILES string of the molecule is CCCN(C[C@@H]1COc2ccccc2O1)C(=O)CN(C)CC(=O)NC1CC1. The third-order valence-corrected chi connectivity index (χ3v) is 4.60. The number of carbonyl (C=O) groups is 2. The predicted octanol–water partition coefficient (Wildman–Crippen LogP) is 1.28. The van der Waals surface area contributed by atoms with E-state index < -0.39 is 0 Å². The van der Waals surface area contributed by atoms with Crippen LogP contribution in [0.5, 0.6) is 11.5 Å². The number of para-hydroxylation sites is 2. The average Bonchev–Trinajstić information content (AvgIpc) is 3.44. The topological polar surface area (TPSA) is 71.1 Å². The molecule has 2 amide bonds. The third kappa shape index (κ3) is 5.85. The van der Waals surface area contributed by atoms with E-state index in [0.29, 0.717) is 31.5 Å². The van der Waals surface area contributed by atoms with Gasteiger partial charge in [-0.05, 0) is 38.4 Å². The van der Waals surface area contributed by atoms with Gasteiger partial charge in [0.1, 0.15) is 6.61 Å². The van der Waals surface area contributed by atoms with Gasteiger partial charge in [-0.15, -0.1) is 0 Å². The van der Waals surface area contributed by atoms with Crippen LogP contribution in [0.1, 0.15) is 26.2 Å². The Kier molecular flexibility index (Phi) is 6.55. The van der Waals surface area contributed by atoms with Crippen LogP contribution in [0.15, 0.2) is 24.3 Å². The summed E-state index contributed by atoms with van der Waals surface area (Å²) in [6.45, 7) is 4.04. The van der Waals surface area contributed by atoms with Crippen molar-refractivity contribution in [1.29, 1.82) is 0 Å². The fourth-order valence-electron chi connectivity index (χ4n) is 3.12. The van der Waals surface area contributed by atoms with Gasteiger partial charge in [0.2, 0.25) is 11.8 Å². The molecule has 1 aliphatic carbocycles. The first-order valence-corrected chi connectivity index (χ1v) is 9.69. The van der Waals surface area contributed by atoms with Crippen molar-refractivity contribution < 1.29 is 19.1 Å². The molecule has 1 saturated carbocycles. The van der Waals surface area contributed by atoms with Gasteiger partial charge < -0.3 is 19.7 Å². The van der Waals surface area contributed by atoms with Gasteiger partial charge in [-0.1, -0.05) is 19.1 Å². The van der Waals surface area contributed by atoms with Crippen LogP contribution in [0.2, 0.25) is 0 Å². The first kappa shape index (κ1) is 19.5. The summed E-state index contributed by atoms with van der Waals surface area (Å²) in [5, 5.41) is 2.95. The van der Waals surface area contributed by atoms with Crippen LogP contribution in [0.4, 0.5) is 0 Å². The highest BCUT2D eigenvalue weighted by atomic mass is 16.6. The lowest BCUT2D eigenvalue weighted by Gasteiger charge is -2.32. The van der Waals surface area contributed by atoms with E-state index in [1.54, 1.807) is 16.8 Å². The molecule has 3 rings (SSSR count). The zero-order valence-electron chi connectivity index (χ0n) is 16.1. The molecule has 0 spiro atoms. The molecule has 2 aliphatic rings. The Morgan fingerprint density at radius 3 is 2.63 bits per heavy atom. The fraction of sp³-hybridized carbons (Fsp3) is 0.600. The predicted molar refractivity (Wildman–Crippen MR) is 102 cm³/mol. The van der Waals surface area contributed by atoms with Crippen molar-refractivity contribution in [2.45, 2.75) is 38.3 Å². The molecule has 7 nitrogen and oxygen atoms in total. The van der Waals surface area contributed by atoms with Crippen molar-refractivity contribution in [3.05, 3.63) is 24.3 Å². The van der Waals surface area contributed by atoms with Crippen molar-refractivity contribution >= 4 is 11.8 Å². The largest absolute Gasteiger partial charge is 0.486 e. The maximum atomic E-state index is 12.7. The third-order valence-electron chi connectivity index (χ3n) is 4.60. The molecule has 1 fully saturated rings. The molecule has 1 aromatic rings. The molecule has 0 bridgehead atoms. The number of ether oxygens (including phenoxy) is 2. The first-order valence-electron chi connectivity index (χ1n) is 9.69. The lowest BCUT2D eigenvalue weighted by molar-refractivity contribution is -0.134. The van der Waals surface area contributed by atoms with E-state index in [1.807, 2.05) is 31.2 Å². The zero-order valence-corrected chi connectivity index (χ0v) is 16.1. The van der Waals surface area contributed by atoms with E-state index in [-0.39, 0.29) is 31.0 Å². The Labute approximate surface area is 160 Å². The Bertz CT molecular complexity index is 662. The van der Waals surface area contributed by atoms with Gasteiger partial charge in [-0.3, -0.25) is 14.5 Å². The number of amides is 2. The summed E-state index contributed by atoms with van der Waals surface area (Å²) in [7, 11) is 1.80. The van der Waals surface area contributed by atoms with Crippen LogP contribution in [0.25, 0.3) is 0 Å². The monoisotopic (exact) mass is 375 g/mol. The van der Waals surface area contributed by atoms with Crippen LogP contribution in [0.3, 0.4) is 0 Å². The van der Waals surface area contributed by atoms with Crippen LogP contribution < -0.4 is 14.8 Å². The number of fused-ring (bicyclic) bond motifs is 1. The number of rotatable bonds is 9. The van der Waals surface area contributed by atoms with Gasteiger partial charge in [0.25, 0.3) is 0 Å². The van der Waals surface area contributed by atoms with Gasteiger partial charge in [0, 0.05) is 12.6 Å². The molecule has 0 radical (unpaired) electrons. The number of hydrogen-bond acceptors (Lipinski definition) is 5. The molecular weight excluding hydrogens is 346 g/mol. The maximum absolute atomic E-state index is 12.7. The molecule has 0 unspecified atom stereocenters. The number of carbonyl (C=O) groups excluding carboxylic acids is 2. The second kappa shape index (κ2) is 9.08. The second-order valence-electron chi connectivity index (χ2n) is 7.35. The Morgan fingerprint density at radius 1 is 1.19 bits per heavy atom. The molecule has 0 aromatic heterocycles. The number of likely N-dealkylation sites (N-methyl/N-ethyl adjacent to an activating group) is 1. The van der Waals surface area contributed by atoms with E-state index in [0.717, 1.165) is 25.0 Å². The van der Waals surface area contributed by atoms with E-state index in [2.05, 4.69) is 5.32 Å². The van der Waals surface area contributed by atoms with Gasteiger partial charge >= 0.3 is 0 Å². The highest BCUT2D eigenvalue weighted by molar-refractivity contribution is 5.81. The molecular formula is C20H29N3O4. The Balaban J connectivity index is 1.50. The highest BCUT2D eigenvalue weighted by Crippen LogP contribution is 2.31. The van der Waals surface area contributed by atoms with Crippen LogP contribution >= 0.6 is 0 Å². The van der Waals surface area contributed by atoms with Crippen molar-refractivity contribution in [2.75, 3.05) is 39.8 Å². The van der Waals surface area contributed by atoms with Gasteiger partial charge in [-0.2, -0.15) is 0 Å². The second-order valence-corrected chi connectivity index (χ2v) is 7.35. The number of benzene rings is 1. The summed E-state index contributed by atoms with van der Waals surface area (Å²) >= 11 is 0. The van der Waals surface area contributed by atoms with E-state index in [4.69, 9.17) is 9.47 Å². The maximum Gasteiger partial charge on any atom is 0.236 e. The Hall–Kier alpha value is -2.28. The highest BCUT2D eigenvalue weighted by Gasteiger charge is 2.27. The first-order chi connectivity index (χ1) is 13.0. The summed E-state index contributed by atoms with van der Waals surface area (Å²) in [5.41, 5.74) is 0. The Morgan fingerprint density at radius 2 is 1.93 bits per heavy atom. The van der Waals surface area contributed by atoms with E-state index in [1.165, 1.54) is 0 Å². The summed E-state index contributed by atoms with van der Waals surface area (Å²) in [6.07, 6.45) is 2.79. The minimum atomic E-state index is -0.195. The number of nitrogens with one attached hydrogen (secondary N) is 1. The summed E-state index contributed by atoms with van der Waals surface area (Å²) in [4.78, 5) is 28.2. The molecule has 1 aliphatic heterocycles. The lowest BCUT2D eigenvalue weighted by atomic mass is 10.2. The average molecular weight is 375 g/mol. The van der Waals surface area contributed by atoms with Gasteiger partial charge in [-0.25, -0.2) is 0 Å². The van der Waals surface area contributed by atoms with Crippen molar-refractivity contribution in [3.8, 4) is 11.5 Å². The van der Waals surface area contributed by atoms with Crippen molar-refractivity contribution in [1.82, 2.24) is 15.1 Å². The van der Waals surface area contributed by atoms with E-state index in [9.17, 15) is 9.59 Å². The van der Waals surface area contributed by atoms with Crippen molar-refractivity contribution in [2.24, 2.45) is 0 Å². The zero-order chi connectivity index (χ0) is 19.2. The molecule has 0 saturated heterocycles. The fourth-order valence-corrected chi connectivity index (χ4v) is 3.12. The normalized spacial score (nSPS) is 18.3. The molecule has 1 heterocycles. The minimum Gasteiger partial charge on any atom is -0.486 e. The molecule has 1 N–H and O–H groups in total. The molecule has 1 aromatic carbocycles. The smallest absolute Gasteiger partial charge is 0.236 e. The quantitative estimate of drug-likeness (QED) is 0.704. The van der Waals surface area contributed by atoms with Crippen LogP contribution in [-0.4, -0.2) is 73.6 Å². The molecule has 148 valence electrons. The molecule has 1 atom stereocenters. The number of hydrogen-bond donors (Lipinski definition) is 1. The standard InChI is InChI=1S/C20H29N3O4/c1-3-10-23(11-16-14-26-17-6-4-5-7-18(17)27-16)20(25)13-22(2)12-19(24)21-15-8-9-15/h4-7,15-16H,3,8-14H2,1-2H3,(H,21,24)/t16-/m1/s1. The summed E-state index contributed by atoms with van der Waals surface area (Å²) in [5.74, 6) is 1.44.